The number of benzene rings is 2. The Balaban J connectivity index is 0.000000209. The maximum absolute atomic E-state index is 14.2. The van der Waals surface area contributed by atoms with Crippen LogP contribution in [-0.4, -0.2) is 96.9 Å². The first-order valence-corrected chi connectivity index (χ1v) is 17.0. The SMILES string of the molecule is CC1CN(C(=O)N2CCCC2)CCN1c1ccc(Br)c(F)c1F.CC1CN(C(=O)OC(C)(C)C)CCN1c1ccc(Br)c(F)c1F. The number of hydrogen-bond donors (Lipinski definition) is 0. The van der Waals surface area contributed by atoms with E-state index in [0.717, 1.165) is 25.9 Å². The molecule has 2 atom stereocenters. The molecule has 0 aromatic heterocycles. The van der Waals surface area contributed by atoms with Crippen molar-refractivity contribution in [3.05, 3.63) is 56.5 Å². The Morgan fingerprint density at radius 3 is 1.54 bits per heavy atom. The van der Waals surface area contributed by atoms with Crippen molar-refractivity contribution >= 4 is 55.4 Å². The fraction of sp³-hybridized carbons (Fsp3) is 0.562. The number of hydrogen-bond acceptors (Lipinski definition) is 5. The maximum Gasteiger partial charge on any atom is 0.410 e. The van der Waals surface area contributed by atoms with Crippen molar-refractivity contribution in [1.82, 2.24) is 14.7 Å². The predicted octanol–water partition coefficient (Wildman–Crippen LogP) is 7.63. The summed E-state index contributed by atoms with van der Waals surface area (Å²) >= 11 is 5.97. The first kappa shape index (κ1) is 36.1. The van der Waals surface area contributed by atoms with Gasteiger partial charge in [0.05, 0.1) is 20.3 Å². The normalized spacial score (nSPS) is 20.5. The molecule has 0 N–H and O–H groups in total. The molecular weight excluding hydrogens is 738 g/mol. The third-order valence-corrected chi connectivity index (χ3v) is 9.43. The Labute approximate surface area is 284 Å². The topological polar surface area (TPSA) is 59.6 Å². The van der Waals surface area contributed by atoms with Gasteiger partial charge in [-0.1, -0.05) is 0 Å². The average molecular weight is 780 g/mol. The number of urea groups is 1. The van der Waals surface area contributed by atoms with Crippen molar-refractivity contribution in [2.45, 2.75) is 65.1 Å². The molecule has 0 spiro atoms. The zero-order chi connectivity index (χ0) is 33.9. The third kappa shape index (κ3) is 8.39. The van der Waals surface area contributed by atoms with Crippen molar-refractivity contribution in [3.63, 3.8) is 0 Å². The minimum atomic E-state index is -0.899. The zero-order valence-corrected chi connectivity index (χ0v) is 29.9. The van der Waals surface area contributed by atoms with Gasteiger partial charge in [0.15, 0.2) is 23.3 Å². The molecule has 2 unspecified atom stereocenters. The highest BCUT2D eigenvalue weighted by Gasteiger charge is 2.33. The second kappa shape index (κ2) is 15.0. The molecule has 0 radical (unpaired) electrons. The van der Waals surface area contributed by atoms with Crippen LogP contribution >= 0.6 is 31.9 Å². The van der Waals surface area contributed by atoms with E-state index in [9.17, 15) is 27.2 Å². The smallest absolute Gasteiger partial charge is 0.410 e. The predicted molar refractivity (Wildman–Crippen MR) is 177 cm³/mol. The van der Waals surface area contributed by atoms with E-state index < -0.39 is 28.9 Å². The van der Waals surface area contributed by atoms with Gasteiger partial charge in [0.1, 0.15) is 5.60 Å². The number of carbonyl (C=O) groups is 2. The minimum absolute atomic E-state index is 0.0645. The van der Waals surface area contributed by atoms with Crippen LogP contribution < -0.4 is 9.80 Å². The maximum atomic E-state index is 14.2. The molecule has 3 aliphatic rings. The van der Waals surface area contributed by atoms with E-state index in [4.69, 9.17) is 4.74 Å². The molecule has 3 fully saturated rings. The molecular formula is C32H41Br2F4N5O3. The van der Waals surface area contributed by atoms with Crippen LogP contribution in [0.4, 0.5) is 38.5 Å². The largest absolute Gasteiger partial charge is 0.444 e. The molecule has 254 valence electrons. The first-order valence-electron chi connectivity index (χ1n) is 15.4. The van der Waals surface area contributed by atoms with Gasteiger partial charge in [-0.15, -0.1) is 0 Å². The second-order valence-corrected chi connectivity index (χ2v) is 14.5. The highest BCUT2D eigenvalue weighted by molar-refractivity contribution is 9.10. The molecule has 46 heavy (non-hydrogen) atoms. The van der Waals surface area contributed by atoms with Crippen molar-refractivity contribution in [2.24, 2.45) is 0 Å². The van der Waals surface area contributed by atoms with Crippen LogP contribution in [0.2, 0.25) is 0 Å². The van der Waals surface area contributed by atoms with E-state index in [0.29, 0.717) is 39.3 Å². The van der Waals surface area contributed by atoms with Crippen molar-refractivity contribution < 1.29 is 31.9 Å². The Kier molecular flexibility index (Phi) is 11.8. The summed E-state index contributed by atoms with van der Waals surface area (Å²) in [6, 6.07) is 5.98. The van der Waals surface area contributed by atoms with Crippen LogP contribution in [-0.2, 0) is 4.74 Å². The van der Waals surface area contributed by atoms with E-state index in [-0.39, 0.29) is 44.5 Å². The van der Waals surface area contributed by atoms with Crippen LogP contribution in [0.3, 0.4) is 0 Å². The van der Waals surface area contributed by atoms with E-state index in [2.05, 4.69) is 31.9 Å². The number of ether oxygens (including phenoxy) is 1. The average Bonchev–Trinajstić information content (AvgIpc) is 3.54. The number of piperazine rings is 2. The van der Waals surface area contributed by atoms with Gasteiger partial charge in [-0.05, 0) is 104 Å². The van der Waals surface area contributed by atoms with Crippen molar-refractivity contribution in [3.8, 4) is 0 Å². The number of anilines is 2. The van der Waals surface area contributed by atoms with Gasteiger partial charge < -0.3 is 29.2 Å². The van der Waals surface area contributed by atoms with E-state index >= 15 is 0 Å². The highest BCUT2D eigenvalue weighted by Crippen LogP contribution is 2.31. The van der Waals surface area contributed by atoms with Gasteiger partial charge in [0.2, 0.25) is 0 Å². The quantitative estimate of drug-likeness (QED) is 0.232. The van der Waals surface area contributed by atoms with Gasteiger partial charge in [-0.3, -0.25) is 0 Å². The molecule has 3 heterocycles. The third-order valence-electron chi connectivity index (χ3n) is 8.20. The number of halogens is 6. The van der Waals surface area contributed by atoms with Crippen LogP contribution in [0.25, 0.3) is 0 Å². The summed E-state index contributed by atoms with van der Waals surface area (Å²) in [5.41, 5.74) is -0.0909. The molecule has 0 aliphatic carbocycles. The Morgan fingerprint density at radius 1 is 0.674 bits per heavy atom. The summed E-state index contributed by atoms with van der Waals surface area (Å²) in [4.78, 5) is 33.5. The lowest BCUT2D eigenvalue weighted by molar-refractivity contribution is 0.0218. The van der Waals surface area contributed by atoms with Crippen LogP contribution in [0.1, 0.15) is 47.5 Å². The van der Waals surface area contributed by atoms with Gasteiger partial charge in [0, 0.05) is 64.4 Å². The summed E-state index contributed by atoms with van der Waals surface area (Å²) < 4.78 is 61.4. The lowest BCUT2D eigenvalue weighted by Gasteiger charge is -2.42. The van der Waals surface area contributed by atoms with Crippen LogP contribution in [0.5, 0.6) is 0 Å². The van der Waals surface area contributed by atoms with Gasteiger partial charge in [-0.25, -0.2) is 27.2 Å². The summed E-state index contributed by atoms with van der Waals surface area (Å²) in [6.07, 6.45) is 1.74. The number of nitrogens with zero attached hydrogens (tertiary/aromatic N) is 5. The number of rotatable bonds is 2. The molecule has 0 bridgehead atoms. The van der Waals surface area contributed by atoms with Crippen LogP contribution in [0, 0.1) is 23.3 Å². The molecule has 14 heteroatoms. The Hall–Kier alpha value is -2.74. The molecule has 3 amide bonds. The second-order valence-electron chi connectivity index (χ2n) is 12.8. The molecule has 5 rings (SSSR count). The molecule has 8 nitrogen and oxygen atoms in total. The number of carbonyl (C=O) groups excluding carboxylic acids is 2. The van der Waals surface area contributed by atoms with E-state index in [1.165, 1.54) is 12.1 Å². The van der Waals surface area contributed by atoms with Crippen LogP contribution in [0.15, 0.2) is 33.2 Å². The molecule has 3 aliphatic heterocycles. The summed E-state index contributed by atoms with van der Waals surface area (Å²) in [6.45, 7) is 13.6. The fourth-order valence-electron chi connectivity index (χ4n) is 5.88. The Bertz CT molecular complexity index is 1420. The fourth-order valence-corrected chi connectivity index (χ4v) is 6.49. The molecule has 3 saturated heterocycles. The zero-order valence-electron chi connectivity index (χ0n) is 26.8. The molecule has 2 aromatic rings. The van der Waals surface area contributed by atoms with Gasteiger partial charge >= 0.3 is 12.1 Å². The van der Waals surface area contributed by atoms with Crippen molar-refractivity contribution in [2.75, 3.05) is 62.2 Å². The lowest BCUT2D eigenvalue weighted by Crippen LogP contribution is -2.56. The van der Waals surface area contributed by atoms with E-state index in [1.807, 2.05) is 49.3 Å². The highest BCUT2D eigenvalue weighted by atomic mass is 79.9. The lowest BCUT2D eigenvalue weighted by atomic mass is 10.1. The standard InChI is InChI=1S/C16H20BrF2N3O.C16H21BrF2N2O2/c1-11-10-21(16(23)20-6-2-3-7-20)8-9-22(11)13-5-4-12(17)14(18)15(13)19;1-10-9-20(15(22)23-16(2,3)4)7-8-21(10)12-6-5-11(17)13(18)14(12)19/h4-5,11H,2-3,6-10H2,1H3;5-6,10H,7-9H2,1-4H3. The summed E-state index contributed by atoms with van der Waals surface area (Å²) in [5, 5.41) is 0. The summed E-state index contributed by atoms with van der Waals surface area (Å²) in [5.74, 6) is -3.49. The molecule has 0 saturated carbocycles. The summed E-state index contributed by atoms with van der Waals surface area (Å²) in [7, 11) is 0. The van der Waals surface area contributed by atoms with Gasteiger partial charge in [-0.2, -0.15) is 0 Å². The monoisotopic (exact) mass is 777 g/mol. The number of likely N-dealkylation sites (tertiary alicyclic amines) is 1. The first-order chi connectivity index (χ1) is 21.6. The minimum Gasteiger partial charge on any atom is -0.444 e. The van der Waals surface area contributed by atoms with Gasteiger partial charge in [0.25, 0.3) is 0 Å². The van der Waals surface area contributed by atoms with E-state index in [1.54, 1.807) is 21.9 Å². The number of amides is 3. The van der Waals surface area contributed by atoms with Crippen molar-refractivity contribution in [1.29, 1.82) is 0 Å². The molecule has 2 aromatic carbocycles. The Morgan fingerprint density at radius 2 is 1.11 bits per heavy atom.